The topological polar surface area (TPSA) is 221 Å². The van der Waals surface area contributed by atoms with Gasteiger partial charge in [0.1, 0.15) is 46.7 Å². The summed E-state index contributed by atoms with van der Waals surface area (Å²) in [5.74, 6) is -5.07. The molecule has 1 unspecified atom stereocenters. The number of benzene rings is 4. The number of aliphatic hydroxyl groups is 2. The smallest absolute Gasteiger partial charge is 0.157 e. The third kappa shape index (κ3) is 4.24. The van der Waals surface area contributed by atoms with Crippen molar-refractivity contribution in [2.24, 2.45) is 0 Å². The van der Waals surface area contributed by atoms with E-state index < -0.39 is 64.8 Å². The van der Waals surface area contributed by atoms with Crippen molar-refractivity contribution in [1.29, 1.82) is 0 Å². The van der Waals surface area contributed by atoms with Crippen molar-refractivity contribution in [1.82, 2.24) is 0 Å². The molecule has 12 heteroatoms. The summed E-state index contributed by atoms with van der Waals surface area (Å²) < 4.78 is 11.8. The number of hydrogen-bond acceptors (Lipinski definition) is 12. The molecule has 10 N–H and O–H groups in total. The van der Waals surface area contributed by atoms with Crippen molar-refractivity contribution in [3.05, 3.63) is 82.4 Å². The Morgan fingerprint density at radius 3 is 1.74 bits per heavy atom. The molecule has 0 bridgehead atoms. The maximum absolute atomic E-state index is 11.6. The molecule has 0 amide bonds. The second kappa shape index (κ2) is 9.72. The zero-order chi connectivity index (χ0) is 30.0. The van der Waals surface area contributed by atoms with Crippen molar-refractivity contribution >= 4 is 0 Å². The summed E-state index contributed by atoms with van der Waals surface area (Å²) in [4.78, 5) is 0. The molecule has 6 rings (SSSR count). The average Bonchev–Trinajstić information content (AvgIpc) is 2.93. The Morgan fingerprint density at radius 2 is 1.12 bits per heavy atom. The maximum Gasteiger partial charge on any atom is 0.157 e. The minimum Gasteiger partial charge on any atom is -0.508 e. The van der Waals surface area contributed by atoms with Gasteiger partial charge in [-0.3, -0.25) is 0 Å². The SMILES string of the molecule is Oc1cc(O)c2c(c1)O[C@H](c1ccc(O)c(O)c1)[C@H](O)C2c1c(O)cc2c(c1O)C[C@H](O)[C@@H](c1ccc(O)c(O)c1)O2. The minimum atomic E-state index is -1.60. The van der Waals surface area contributed by atoms with E-state index in [1.165, 1.54) is 42.5 Å². The van der Waals surface area contributed by atoms with Crippen LogP contribution in [0.1, 0.15) is 45.9 Å². The Bertz CT molecular complexity index is 1720. The molecule has 12 nitrogen and oxygen atoms in total. The summed E-state index contributed by atoms with van der Waals surface area (Å²) >= 11 is 0. The van der Waals surface area contributed by atoms with Crippen LogP contribution in [0.4, 0.5) is 0 Å². The van der Waals surface area contributed by atoms with Crippen LogP contribution in [-0.4, -0.2) is 63.3 Å². The number of phenols is 8. The molecule has 42 heavy (non-hydrogen) atoms. The van der Waals surface area contributed by atoms with E-state index in [2.05, 4.69) is 0 Å². The standard InChI is InChI=1S/C30H26O12/c31-13-7-19(36)24-23(8-13)42-30(12-2-4-16(33)18(35)6-12)28(40)26(24)25-20(37)10-22-14(27(25)39)9-21(38)29(41-22)11-1-3-15(32)17(34)5-11/h1-8,10,21,26,28-40H,9H2/t21-,26?,28+,29+,30+/m0/s1. The monoisotopic (exact) mass is 578 g/mol. The van der Waals surface area contributed by atoms with Crippen LogP contribution in [-0.2, 0) is 6.42 Å². The fourth-order valence-electron chi connectivity index (χ4n) is 5.70. The average molecular weight is 579 g/mol. The zero-order valence-electron chi connectivity index (χ0n) is 21.6. The Kier molecular flexibility index (Phi) is 6.24. The molecule has 2 aliphatic rings. The highest BCUT2D eigenvalue weighted by molar-refractivity contribution is 5.65. The van der Waals surface area contributed by atoms with Gasteiger partial charge in [-0.1, -0.05) is 12.1 Å². The van der Waals surface area contributed by atoms with Crippen LogP contribution in [0.2, 0.25) is 0 Å². The van der Waals surface area contributed by atoms with Gasteiger partial charge in [-0.15, -0.1) is 0 Å². The molecule has 2 heterocycles. The lowest BCUT2D eigenvalue weighted by molar-refractivity contribution is 0.00573. The fraction of sp³-hybridized carbons (Fsp3) is 0.200. The van der Waals surface area contributed by atoms with Gasteiger partial charge in [0.25, 0.3) is 0 Å². The first-order valence-electron chi connectivity index (χ1n) is 12.8. The first kappa shape index (κ1) is 27.0. The van der Waals surface area contributed by atoms with Gasteiger partial charge in [0.05, 0.1) is 12.0 Å². The number of hydrogen-bond donors (Lipinski definition) is 10. The summed E-state index contributed by atoms with van der Waals surface area (Å²) in [6.45, 7) is 0. The number of rotatable bonds is 3. The van der Waals surface area contributed by atoms with Crippen molar-refractivity contribution in [3.63, 3.8) is 0 Å². The molecule has 4 aromatic rings. The summed E-state index contributed by atoms with van der Waals surface area (Å²) in [6.07, 6.45) is -5.31. The normalized spacial score (nSPS) is 22.9. The molecule has 0 aromatic heterocycles. The van der Waals surface area contributed by atoms with Gasteiger partial charge in [-0.2, -0.15) is 0 Å². The highest BCUT2D eigenvalue weighted by atomic mass is 16.5. The molecule has 2 aliphatic heterocycles. The summed E-state index contributed by atoms with van der Waals surface area (Å²) in [7, 11) is 0. The van der Waals surface area contributed by atoms with Gasteiger partial charge in [0, 0.05) is 41.3 Å². The quantitative estimate of drug-likeness (QED) is 0.159. The van der Waals surface area contributed by atoms with Gasteiger partial charge in [-0.25, -0.2) is 0 Å². The molecule has 0 fully saturated rings. The molecule has 218 valence electrons. The second-order valence-electron chi connectivity index (χ2n) is 10.3. The lowest BCUT2D eigenvalue weighted by Crippen LogP contribution is -2.35. The van der Waals surface area contributed by atoms with Crippen LogP contribution in [0.3, 0.4) is 0 Å². The van der Waals surface area contributed by atoms with Gasteiger partial charge >= 0.3 is 0 Å². The van der Waals surface area contributed by atoms with Crippen LogP contribution < -0.4 is 9.47 Å². The lowest BCUT2D eigenvalue weighted by Gasteiger charge is -2.39. The van der Waals surface area contributed by atoms with E-state index in [1.807, 2.05) is 0 Å². The molecular weight excluding hydrogens is 552 g/mol. The lowest BCUT2D eigenvalue weighted by atomic mass is 9.77. The van der Waals surface area contributed by atoms with Crippen molar-refractivity contribution < 1.29 is 60.5 Å². The largest absolute Gasteiger partial charge is 0.508 e. The van der Waals surface area contributed by atoms with E-state index in [1.54, 1.807) is 0 Å². The first-order valence-corrected chi connectivity index (χ1v) is 12.8. The van der Waals surface area contributed by atoms with Crippen LogP contribution >= 0.6 is 0 Å². The highest BCUT2D eigenvalue weighted by Gasteiger charge is 2.45. The number of phenolic OH excluding ortho intramolecular Hbond substituents is 8. The van der Waals surface area contributed by atoms with Crippen molar-refractivity contribution in [2.45, 2.75) is 36.8 Å². The van der Waals surface area contributed by atoms with Gasteiger partial charge < -0.3 is 60.5 Å². The molecule has 0 saturated heterocycles. The third-order valence-electron chi connectivity index (χ3n) is 7.69. The van der Waals surface area contributed by atoms with Crippen molar-refractivity contribution in [3.8, 4) is 57.5 Å². The number of ether oxygens (including phenoxy) is 2. The third-order valence-corrected chi connectivity index (χ3v) is 7.69. The molecule has 5 atom stereocenters. The minimum absolute atomic E-state index is 0.00771. The highest BCUT2D eigenvalue weighted by Crippen LogP contribution is 2.56. The van der Waals surface area contributed by atoms with Crippen LogP contribution in [0.15, 0.2) is 54.6 Å². The first-order chi connectivity index (χ1) is 19.9. The Balaban J connectivity index is 1.47. The molecule has 4 aromatic carbocycles. The van der Waals surface area contributed by atoms with Crippen LogP contribution in [0.25, 0.3) is 0 Å². The number of aliphatic hydroxyl groups excluding tert-OH is 2. The Labute approximate surface area is 237 Å². The fourth-order valence-corrected chi connectivity index (χ4v) is 5.70. The van der Waals surface area contributed by atoms with Gasteiger partial charge in [0.15, 0.2) is 29.1 Å². The van der Waals surface area contributed by atoms with E-state index >= 15 is 0 Å². The predicted octanol–water partition coefficient (Wildman–Crippen LogP) is 3.00. The summed E-state index contributed by atoms with van der Waals surface area (Å²) in [5.41, 5.74) is 0.333. The molecule has 0 aliphatic carbocycles. The number of fused-ring (bicyclic) bond motifs is 2. The van der Waals surface area contributed by atoms with Crippen LogP contribution in [0.5, 0.6) is 57.5 Å². The van der Waals surface area contributed by atoms with E-state index in [4.69, 9.17) is 9.47 Å². The van der Waals surface area contributed by atoms with E-state index in [0.29, 0.717) is 5.56 Å². The predicted molar refractivity (Wildman–Crippen MR) is 143 cm³/mol. The molecule has 0 saturated carbocycles. The van der Waals surface area contributed by atoms with E-state index in [9.17, 15) is 51.1 Å². The number of aromatic hydroxyl groups is 8. The summed E-state index contributed by atoms with van der Waals surface area (Å²) in [5, 5.41) is 105. The van der Waals surface area contributed by atoms with Crippen molar-refractivity contribution in [2.75, 3.05) is 0 Å². The van der Waals surface area contributed by atoms with E-state index in [-0.39, 0.29) is 51.7 Å². The van der Waals surface area contributed by atoms with Gasteiger partial charge in [0.2, 0.25) is 0 Å². The Hall–Kier alpha value is -5.20. The zero-order valence-corrected chi connectivity index (χ0v) is 21.6. The Morgan fingerprint density at radius 1 is 0.548 bits per heavy atom. The summed E-state index contributed by atoms with van der Waals surface area (Å²) in [6, 6.07) is 11.0. The molecule has 0 radical (unpaired) electrons. The molecule has 0 spiro atoms. The van der Waals surface area contributed by atoms with Gasteiger partial charge in [-0.05, 0) is 35.4 Å². The maximum atomic E-state index is 11.6. The van der Waals surface area contributed by atoms with Crippen LogP contribution in [0, 0.1) is 0 Å². The van der Waals surface area contributed by atoms with E-state index in [0.717, 1.165) is 12.1 Å². The second-order valence-corrected chi connectivity index (χ2v) is 10.3. The molecular formula is C30H26O12.